The van der Waals surface area contributed by atoms with Crippen molar-refractivity contribution in [3.05, 3.63) is 45.8 Å². The standard InChI is InChI=1S/C12H7ClN2O4S2/c13-9-2-1-7(5-14)10(4-9)15-21(18,19)11-3-8(6-20-11)12(16)17/h1-4,6,15H,(H,16,17). The van der Waals surface area contributed by atoms with Crippen LogP contribution in [-0.4, -0.2) is 19.5 Å². The number of rotatable bonds is 4. The molecule has 6 nitrogen and oxygen atoms in total. The molecular formula is C12H7ClN2O4S2. The van der Waals surface area contributed by atoms with Crippen molar-refractivity contribution in [2.24, 2.45) is 0 Å². The molecule has 21 heavy (non-hydrogen) atoms. The van der Waals surface area contributed by atoms with Gasteiger partial charge < -0.3 is 5.11 Å². The number of hydrogen-bond acceptors (Lipinski definition) is 5. The van der Waals surface area contributed by atoms with Crippen LogP contribution in [-0.2, 0) is 10.0 Å². The number of sulfonamides is 1. The average Bonchev–Trinajstić information content (AvgIpc) is 2.89. The van der Waals surface area contributed by atoms with Crippen LogP contribution < -0.4 is 4.72 Å². The summed E-state index contributed by atoms with van der Waals surface area (Å²) in [6, 6.07) is 7.05. The fourth-order valence-electron chi connectivity index (χ4n) is 1.46. The minimum atomic E-state index is -3.98. The molecular weight excluding hydrogens is 336 g/mol. The predicted octanol–water partition coefficient (Wildman–Crippen LogP) is 2.77. The van der Waals surface area contributed by atoms with Crippen molar-refractivity contribution in [3.63, 3.8) is 0 Å². The summed E-state index contributed by atoms with van der Waals surface area (Å²) in [7, 11) is -3.98. The third-order valence-corrected chi connectivity index (χ3v) is 5.47. The highest BCUT2D eigenvalue weighted by Crippen LogP contribution is 2.26. The van der Waals surface area contributed by atoms with Gasteiger partial charge >= 0.3 is 5.97 Å². The molecule has 2 N–H and O–H groups in total. The van der Waals surface area contributed by atoms with Gasteiger partial charge in [-0.1, -0.05) is 11.6 Å². The van der Waals surface area contributed by atoms with Crippen molar-refractivity contribution in [3.8, 4) is 6.07 Å². The Kier molecular flexibility index (Phi) is 4.18. The van der Waals surface area contributed by atoms with Gasteiger partial charge in [-0.3, -0.25) is 4.72 Å². The summed E-state index contributed by atoms with van der Waals surface area (Å²) in [6.07, 6.45) is 0. The summed E-state index contributed by atoms with van der Waals surface area (Å²) in [5.74, 6) is -1.21. The third-order valence-electron chi connectivity index (χ3n) is 2.43. The predicted molar refractivity (Wildman–Crippen MR) is 78.3 cm³/mol. The maximum atomic E-state index is 12.2. The molecule has 0 spiro atoms. The molecule has 0 amide bonds. The van der Waals surface area contributed by atoms with Crippen molar-refractivity contribution in [1.29, 1.82) is 5.26 Å². The van der Waals surface area contributed by atoms with E-state index in [1.807, 2.05) is 6.07 Å². The van der Waals surface area contributed by atoms with Gasteiger partial charge in [-0.15, -0.1) is 11.3 Å². The first-order valence-corrected chi connectivity index (χ1v) is 8.12. The molecule has 0 bridgehead atoms. The van der Waals surface area contributed by atoms with Crippen LogP contribution in [0, 0.1) is 11.3 Å². The lowest BCUT2D eigenvalue weighted by Crippen LogP contribution is -2.12. The second-order valence-corrected chi connectivity index (χ2v) is 7.12. The smallest absolute Gasteiger partial charge is 0.336 e. The maximum absolute atomic E-state index is 12.2. The van der Waals surface area contributed by atoms with Crippen LogP contribution in [0.4, 0.5) is 5.69 Å². The van der Waals surface area contributed by atoms with E-state index in [2.05, 4.69) is 4.72 Å². The van der Waals surface area contributed by atoms with Gasteiger partial charge in [-0.2, -0.15) is 5.26 Å². The lowest BCUT2D eigenvalue weighted by Gasteiger charge is -2.08. The van der Waals surface area contributed by atoms with Gasteiger partial charge in [0.25, 0.3) is 10.0 Å². The van der Waals surface area contributed by atoms with E-state index in [4.69, 9.17) is 22.0 Å². The Hall–Kier alpha value is -2.08. The lowest BCUT2D eigenvalue weighted by molar-refractivity contribution is 0.0697. The van der Waals surface area contributed by atoms with Gasteiger partial charge in [0.1, 0.15) is 10.3 Å². The van der Waals surface area contributed by atoms with Crippen LogP contribution >= 0.6 is 22.9 Å². The normalized spacial score (nSPS) is 10.9. The number of carboxylic acids is 1. The van der Waals surface area contributed by atoms with E-state index < -0.39 is 16.0 Å². The number of hydrogen-bond donors (Lipinski definition) is 2. The molecule has 2 aromatic rings. The van der Waals surface area contributed by atoms with Gasteiger partial charge in [0.15, 0.2) is 0 Å². The Morgan fingerprint density at radius 2 is 2.10 bits per heavy atom. The number of halogens is 1. The van der Waals surface area contributed by atoms with Gasteiger partial charge in [-0.05, 0) is 24.3 Å². The van der Waals surface area contributed by atoms with Crippen LogP contribution in [0.1, 0.15) is 15.9 Å². The third kappa shape index (κ3) is 3.33. The van der Waals surface area contributed by atoms with E-state index >= 15 is 0 Å². The zero-order valence-electron chi connectivity index (χ0n) is 10.2. The van der Waals surface area contributed by atoms with Crippen LogP contribution in [0.15, 0.2) is 33.9 Å². The number of benzene rings is 1. The molecule has 0 aliphatic rings. The first-order chi connectivity index (χ1) is 9.83. The van der Waals surface area contributed by atoms with Gasteiger partial charge in [0, 0.05) is 10.4 Å². The Morgan fingerprint density at radius 1 is 1.38 bits per heavy atom. The minimum absolute atomic E-state index is 0.0373. The zero-order valence-corrected chi connectivity index (χ0v) is 12.6. The molecule has 0 saturated carbocycles. The fourth-order valence-corrected chi connectivity index (χ4v) is 3.86. The number of anilines is 1. The van der Waals surface area contributed by atoms with Crippen molar-refractivity contribution in [2.45, 2.75) is 4.21 Å². The molecule has 0 unspecified atom stereocenters. The van der Waals surface area contributed by atoms with Gasteiger partial charge in [0.2, 0.25) is 0 Å². The topological polar surface area (TPSA) is 107 Å². The van der Waals surface area contributed by atoms with Gasteiger partial charge in [0.05, 0.1) is 16.8 Å². The fraction of sp³-hybridized carbons (Fsp3) is 0. The van der Waals surface area contributed by atoms with E-state index in [1.165, 1.54) is 23.6 Å². The maximum Gasteiger partial charge on any atom is 0.336 e. The minimum Gasteiger partial charge on any atom is -0.478 e. The molecule has 1 heterocycles. The van der Waals surface area contributed by atoms with Crippen LogP contribution in [0.2, 0.25) is 5.02 Å². The number of carbonyl (C=O) groups is 1. The first kappa shape index (κ1) is 15.3. The molecule has 0 radical (unpaired) electrons. The first-order valence-electron chi connectivity index (χ1n) is 5.38. The molecule has 2 rings (SSSR count). The monoisotopic (exact) mass is 342 g/mol. The van der Waals surface area contributed by atoms with Crippen molar-refractivity contribution in [2.75, 3.05) is 4.72 Å². The summed E-state index contributed by atoms with van der Waals surface area (Å²) in [4.78, 5) is 10.8. The molecule has 0 fully saturated rings. The van der Waals surface area contributed by atoms with Crippen molar-refractivity contribution in [1.82, 2.24) is 0 Å². The van der Waals surface area contributed by atoms with Crippen molar-refractivity contribution >= 4 is 44.6 Å². The molecule has 0 atom stereocenters. The Morgan fingerprint density at radius 3 is 2.67 bits per heavy atom. The second-order valence-electron chi connectivity index (χ2n) is 3.87. The molecule has 1 aromatic carbocycles. The van der Waals surface area contributed by atoms with E-state index in [0.29, 0.717) is 0 Å². The van der Waals surface area contributed by atoms with E-state index in [0.717, 1.165) is 17.4 Å². The molecule has 108 valence electrons. The Bertz CT molecular complexity index is 852. The summed E-state index contributed by atoms with van der Waals surface area (Å²) in [5.41, 5.74) is 0.0280. The molecule has 9 heteroatoms. The molecule has 1 aromatic heterocycles. The Labute approximate surface area is 129 Å². The summed E-state index contributed by atoms with van der Waals surface area (Å²) in [5, 5.41) is 19.2. The summed E-state index contributed by atoms with van der Waals surface area (Å²) < 4.78 is 26.4. The summed E-state index contributed by atoms with van der Waals surface area (Å²) >= 11 is 6.55. The van der Waals surface area contributed by atoms with Crippen LogP contribution in [0.5, 0.6) is 0 Å². The Balaban J connectivity index is 2.40. The number of aromatic carboxylic acids is 1. The quantitative estimate of drug-likeness (QED) is 0.888. The van der Waals surface area contributed by atoms with E-state index in [-0.39, 0.29) is 26.0 Å². The average molecular weight is 343 g/mol. The van der Waals surface area contributed by atoms with E-state index in [9.17, 15) is 13.2 Å². The molecule has 0 aliphatic carbocycles. The zero-order chi connectivity index (χ0) is 15.6. The largest absolute Gasteiger partial charge is 0.478 e. The van der Waals surface area contributed by atoms with Gasteiger partial charge in [-0.25, -0.2) is 13.2 Å². The van der Waals surface area contributed by atoms with Crippen LogP contribution in [0.25, 0.3) is 0 Å². The lowest BCUT2D eigenvalue weighted by atomic mass is 10.2. The molecule has 0 saturated heterocycles. The highest BCUT2D eigenvalue weighted by molar-refractivity contribution is 7.94. The van der Waals surface area contributed by atoms with Crippen molar-refractivity contribution < 1.29 is 18.3 Å². The number of thiophene rings is 1. The number of nitrogens with one attached hydrogen (secondary N) is 1. The van der Waals surface area contributed by atoms with Crippen LogP contribution in [0.3, 0.4) is 0 Å². The SMILES string of the molecule is N#Cc1ccc(Cl)cc1NS(=O)(=O)c1cc(C(=O)O)cs1. The highest BCUT2D eigenvalue weighted by atomic mass is 35.5. The number of nitrogens with zero attached hydrogens (tertiary/aromatic N) is 1. The second kappa shape index (κ2) is 5.73. The number of nitriles is 1. The highest BCUT2D eigenvalue weighted by Gasteiger charge is 2.20. The number of carboxylic acid groups (broad SMARTS) is 1. The van der Waals surface area contributed by atoms with E-state index in [1.54, 1.807) is 0 Å². The summed E-state index contributed by atoms with van der Waals surface area (Å²) in [6.45, 7) is 0. The molecule has 0 aliphatic heterocycles.